The van der Waals surface area contributed by atoms with Crippen molar-refractivity contribution in [3.63, 3.8) is 0 Å². The van der Waals surface area contributed by atoms with Crippen LogP contribution in [0.4, 0.5) is 0 Å². The van der Waals surface area contributed by atoms with E-state index in [2.05, 4.69) is 5.32 Å². The molecule has 0 bridgehead atoms. The van der Waals surface area contributed by atoms with Crippen molar-refractivity contribution in [1.82, 2.24) is 9.62 Å². The molecule has 2 heterocycles. The number of ether oxygens (including phenoxy) is 2. The lowest BCUT2D eigenvalue weighted by atomic mass is 10.1. The largest absolute Gasteiger partial charge is 0.454 e. The Labute approximate surface area is 170 Å². The summed E-state index contributed by atoms with van der Waals surface area (Å²) in [7, 11) is -3.91. The molecule has 0 unspecified atom stereocenters. The Bertz CT molecular complexity index is 1060. The molecule has 152 valence electrons. The number of sulfonamides is 1. The quantitative estimate of drug-likeness (QED) is 0.750. The van der Waals surface area contributed by atoms with Crippen LogP contribution >= 0.6 is 0 Å². The second kappa shape index (κ2) is 7.79. The van der Waals surface area contributed by atoms with Crippen LogP contribution in [0.2, 0.25) is 0 Å². The molecule has 8 heteroatoms. The van der Waals surface area contributed by atoms with Crippen LogP contribution in [0.3, 0.4) is 0 Å². The van der Waals surface area contributed by atoms with Crippen molar-refractivity contribution < 1.29 is 22.7 Å². The van der Waals surface area contributed by atoms with Gasteiger partial charge in [-0.3, -0.25) is 4.79 Å². The van der Waals surface area contributed by atoms with Gasteiger partial charge in [0.2, 0.25) is 6.79 Å². The van der Waals surface area contributed by atoms with Gasteiger partial charge >= 0.3 is 0 Å². The zero-order chi connectivity index (χ0) is 20.4. The molecule has 4 rings (SSSR count). The summed E-state index contributed by atoms with van der Waals surface area (Å²) < 4.78 is 38.0. The van der Waals surface area contributed by atoms with E-state index in [0.29, 0.717) is 23.5 Å². The molecule has 0 aliphatic carbocycles. The number of amides is 1. The molecule has 0 atom stereocenters. The minimum absolute atomic E-state index is 0.0277. The van der Waals surface area contributed by atoms with Gasteiger partial charge in [-0.15, -0.1) is 0 Å². The zero-order valence-electron chi connectivity index (χ0n) is 16.1. The van der Waals surface area contributed by atoms with Crippen molar-refractivity contribution in [3.8, 4) is 11.5 Å². The van der Waals surface area contributed by atoms with E-state index in [1.165, 1.54) is 0 Å². The van der Waals surface area contributed by atoms with Crippen molar-refractivity contribution in [2.45, 2.75) is 26.3 Å². The fourth-order valence-electron chi connectivity index (χ4n) is 3.37. The number of hydrogen-bond donors (Lipinski definition) is 1. The number of carbonyl (C=O) groups is 1. The maximum atomic E-state index is 13.2. The maximum absolute atomic E-state index is 13.2. The number of nitrogens with zero attached hydrogens (tertiary/aromatic N) is 1. The first-order valence-corrected chi connectivity index (χ1v) is 11.0. The smallest absolute Gasteiger partial charge is 0.285 e. The van der Waals surface area contributed by atoms with Gasteiger partial charge in [0.15, 0.2) is 11.5 Å². The molecule has 2 aliphatic heterocycles. The second-order valence-corrected chi connectivity index (χ2v) is 8.65. The Kier molecular flexibility index (Phi) is 5.19. The average molecular weight is 414 g/mol. The Morgan fingerprint density at radius 3 is 2.59 bits per heavy atom. The Balaban J connectivity index is 1.67. The fraction of sp³-hybridized carbons (Fsp3) is 0.286. The first-order valence-electron chi connectivity index (χ1n) is 9.51. The van der Waals surface area contributed by atoms with E-state index in [1.807, 2.05) is 25.1 Å². The first kappa shape index (κ1) is 19.3. The highest BCUT2D eigenvalue weighted by Gasteiger charge is 2.43. The van der Waals surface area contributed by atoms with Gasteiger partial charge in [0.1, 0.15) is 10.6 Å². The van der Waals surface area contributed by atoms with E-state index in [-0.39, 0.29) is 30.5 Å². The number of nitrogens with one attached hydrogen (secondary N) is 1. The standard InChI is InChI=1S/C21H22N2O5S/c1-2-3-11-23-21(24)19(20(29(23,25)26)16-7-5-4-6-8-16)22-13-15-9-10-17-18(12-15)28-14-27-17/h4-10,12,22H,2-3,11,13-14H2,1H3. The summed E-state index contributed by atoms with van der Waals surface area (Å²) in [5, 5.41) is 3.06. The zero-order valence-corrected chi connectivity index (χ0v) is 16.9. The van der Waals surface area contributed by atoms with E-state index < -0.39 is 15.9 Å². The van der Waals surface area contributed by atoms with Crippen molar-refractivity contribution in [3.05, 3.63) is 65.4 Å². The third-order valence-corrected chi connectivity index (χ3v) is 6.76. The lowest BCUT2D eigenvalue weighted by molar-refractivity contribution is -0.122. The SMILES string of the molecule is CCCCN1C(=O)C(NCc2ccc3c(c2)OCO3)=C(c2ccccc2)S1(=O)=O. The van der Waals surface area contributed by atoms with Crippen LogP contribution in [-0.4, -0.2) is 32.0 Å². The summed E-state index contributed by atoms with van der Waals surface area (Å²) in [4.78, 5) is 13.0. The normalized spacial score (nSPS) is 17.1. The molecule has 0 fully saturated rings. The third-order valence-electron chi connectivity index (χ3n) is 4.87. The van der Waals surface area contributed by atoms with Crippen LogP contribution in [0.5, 0.6) is 11.5 Å². The second-order valence-electron chi connectivity index (χ2n) is 6.85. The van der Waals surface area contributed by atoms with Gasteiger partial charge in [-0.1, -0.05) is 49.7 Å². The van der Waals surface area contributed by atoms with Crippen molar-refractivity contribution in [2.75, 3.05) is 13.3 Å². The number of hydrogen-bond acceptors (Lipinski definition) is 6. The monoisotopic (exact) mass is 414 g/mol. The summed E-state index contributed by atoms with van der Waals surface area (Å²) in [5.74, 6) is 0.790. The molecule has 2 aromatic rings. The predicted octanol–water partition coefficient (Wildman–Crippen LogP) is 2.85. The molecule has 29 heavy (non-hydrogen) atoms. The van der Waals surface area contributed by atoms with Crippen molar-refractivity contribution >= 4 is 20.8 Å². The van der Waals surface area contributed by atoms with Crippen LogP contribution in [0.1, 0.15) is 30.9 Å². The molecule has 0 saturated heterocycles. The Morgan fingerprint density at radius 2 is 1.83 bits per heavy atom. The molecular weight excluding hydrogens is 392 g/mol. The number of carbonyl (C=O) groups excluding carboxylic acids is 1. The van der Waals surface area contributed by atoms with E-state index in [1.54, 1.807) is 30.3 Å². The van der Waals surface area contributed by atoms with Gasteiger partial charge in [0, 0.05) is 13.1 Å². The van der Waals surface area contributed by atoms with E-state index >= 15 is 0 Å². The van der Waals surface area contributed by atoms with Crippen LogP contribution < -0.4 is 14.8 Å². The van der Waals surface area contributed by atoms with E-state index in [9.17, 15) is 13.2 Å². The summed E-state index contributed by atoms with van der Waals surface area (Å²) in [5.41, 5.74) is 1.45. The first-order chi connectivity index (χ1) is 14.0. The summed E-state index contributed by atoms with van der Waals surface area (Å²) >= 11 is 0. The van der Waals surface area contributed by atoms with Crippen LogP contribution in [0.25, 0.3) is 4.91 Å². The van der Waals surface area contributed by atoms with Gasteiger partial charge < -0.3 is 14.8 Å². The maximum Gasteiger partial charge on any atom is 0.285 e. The van der Waals surface area contributed by atoms with Crippen LogP contribution in [-0.2, 0) is 21.4 Å². The third kappa shape index (κ3) is 3.55. The molecule has 0 aromatic heterocycles. The highest BCUT2D eigenvalue weighted by atomic mass is 32.2. The summed E-state index contributed by atoms with van der Waals surface area (Å²) in [6.45, 7) is 2.59. The topological polar surface area (TPSA) is 84.9 Å². The number of unbranched alkanes of at least 4 members (excludes halogenated alkanes) is 1. The number of rotatable bonds is 7. The van der Waals surface area contributed by atoms with Crippen molar-refractivity contribution in [2.24, 2.45) is 0 Å². The Morgan fingerprint density at radius 1 is 1.07 bits per heavy atom. The van der Waals surface area contributed by atoms with Gasteiger partial charge in [-0.05, 0) is 29.7 Å². The van der Waals surface area contributed by atoms with Crippen LogP contribution in [0, 0.1) is 0 Å². The molecule has 1 amide bonds. The molecule has 1 N–H and O–H groups in total. The van der Waals surface area contributed by atoms with E-state index in [4.69, 9.17) is 9.47 Å². The highest BCUT2D eigenvalue weighted by Crippen LogP contribution is 2.36. The molecule has 0 saturated carbocycles. The Hall–Kier alpha value is -3.00. The summed E-state index contributed by atoms with van der Waals surface area (Å²) in [6, 6.07) is 14.2. The lowest BCUT2D eigenvalue weighted by Gasteiger charge is -2.16. The van der Waals surface area contributed by atoms with Crippen LogP contribution in [0.15, 0.2) is 54.2 Å². The molecule has 7 nitrogen and oxygen atoms in total. The summed E-state index contributed by atoms with van der Waals surface area (Å²) in [6.07, 6.45) is 1.41. The molecule has 2 aliphatic rings. The number of benzene rings is 2. The average Bonchev–Trinajstić information content (AvgIpc) is 3.25. The minimum atomic E-state index is -3.91. The van der Waals surface area contributed by atoms with Gasteiger partial charge in [-0.25, -0.2) is 12.7 Å². The molecular formula is C21H22N2O5S. The van der Waals surface area contributed by atoms with Crippen molar-refractivity contribution in [1.29, 1.82) is 0 Å². The van der Waals surface area contributed by atoms with Gasteiger partial charge in [-0.2, -0.15) is 0 Å². The van der Waals surface area contributed by atoms with E-state index in [0.717, 1.165) is 16.3 Å². The fourth-order valence-corrected chi connectivity index (χ4v) is 5.12. The molecule has 2 aromatic carbocycles. The minimum Gasteiger partial charge on any atom is -0.454 e. The number of fused-ring (bicyclic) bond motifs is 1. The molecule has 0 spiro atoms. The highest BCUT2D eigenvalue weighted by molar-refractivity contribution is 7.99. The predicted molar refractivity (Wildman–Crippen MR) is 108 cm³/mol. The lowest BCUT2D eigenvalue weighted by Crippen LogP contribution is -2.34. The van der Waals surface area contributed by atoms with Gasteiger partial charge in [0.25, 0.3) is 15.9 Å². The van der Waals surface area contributed by atoms with Gasteiger partial charge in [0.05, 0.1) is 0 Å². The molecule has 0 radical (unpaired) electrons.